The molecule has 0 radical (unpaired) electrons. The zero-order valence-corrected chi connectivity index (χ0v) is 13.3. The molecule has 21 heavy (non-hydrogen) atoms. The van der Waals surface area contributed by atoms with E-state index in [4.69, 9.17) is 5.11 Å². The number of aliphatic hydroxyl groups excluding tert-OH is 1. The Morgan fingerprint density at radius 3 is 2.67 bits per heavy atom. The van der Waals surface area contributed by atoms with Crippen LogP contribution in [-0.4, -0.2) is 37.0 Å². The number of nitrogens with zero attached hydrogens (tertiary/aromatic N) is 1. The van der Waals surface area contributed by atoms with Crippen LogP contribution >= 0.6 is 0 Å². The van der Waals surface area contributed by atoms with Gasteiger partial charge in [-0.3, -0.25) is 0 Å². The highest BCUT2D eigenvalue weighted by Gasteiger charge is 2.38. The van der Waals surface area contributed by atoms with Gasteiger partial charge in [-0.15, -0.1) is 0 Å². The summed E-state index contributed by atoms with van der Waals surface area (Å²) < 4.78 is 27.4. The number of sulfonamides is 1. The third-order valence-corrected chi connectivity index (χ3v) is 5.43. The third-order valence-electron chi connectivity index (χ3n) is 3.42. The smallest absolute Gasteiger partial charge is 0.244 e. The highest BCUT2D eigenvalue weighted by Crippen LogP contribution is 2.33. The average molecular weight is 307 g/mol. The van der Waals surface area contributed by atoms with Gasteiger partial charge in [-0.25, -0.2) is 8.42 Å². The van der Waals surface area contributed by atoms with E-state index in [1.807, 2.05) is 13.8 Å². The maximum absolute atomic E-state index is 12.9. The second kappa shape index (κ2) is 6.61. The molecule has 0 bridgehead atoms. The van der Waals surface area contributed by atoms with Crippen molar-refractivity contribution in [2.24, 2.45) is 0 Å². The first-order chi connectivity index (χ1) is 10.0. The topological polar surface area (TPSA) is 57.6 Å². The Bertz CT molecular complexity index is 666. The molecule has 1 aromatic carbocycles. The van der Waals surface area contributed by atoms with E-state index >= 15 is 0 Å². The van der Waals surface area contributed by atoms with Crippen LogP contribution in [0.5, 0.6) is 0 Å². The average Bonchev–Trinajstić information content (AvgIpc) is 3.26. The first-order valence-corrected chi connectivity index (χ1v) is 8.67. The van der Waals surface area contributed by atoms with Crippen LogP contribution in [0.25, 0.3) is 0 Å². The van der Waals surface area contributed by atoms with Crippen molar-refractivity contribution in [2.45, 2.75) is 44.0 Å². The van der Waals surface area contributed by atoms with Gasteiger partial charge in [0.1, 0.15) is 6.61 Å². The lowest BCUT2D eigenvalue weighted by Crippen LogP contribution is -2.34. The monoisotopic (exact) mass is 307 g/mol. The van der Waals surface area contributed by atoms with Crippen LogP contribution in [0.1, 0.15) is 37.3 Å². The van der Waals surface area contributed by atoms with Crippen LogP contribution in [0.2, 0.25) is 0 Å². The zero-order valence-electron chi connectivity index (χ0n) is 12.5. The van der Waals surface area contributed by atoms with E-state index in [0.29, 0.717) is 12.1 Å². The minimum atomic E-state index is -3.53. The molecule has 1 aromatic rings. The Balaban J connectivity index is 2.47. The number of hydrogen-bond acceptors (Lipinski definition) is 3. The van der Waals surface area contributed by atoms with Gasteiger partial charge in [-0.05, 0) is 43.9 Å². The molecule has 1 N–H and O–H groups in total. The molecule has 0 atom stereocenters. The van der Waals surface area contributed by atoms with E-state index in [1.165, 1.54) is 0 Å². The van der Waals surface area contributed by atoms with Gasteiger partial charge in [0.2, 0.25) is 10.0 Å². The molecule has 0 saturated heterocycles. The first kappa shape index (κ1) is 16.0. The van der Waals surface area contributed by atoms with Crippen molar-refractivity contribution in [3.8, 4) is 11.8 Å². The number of aliphatic hydroxyl groups is 1. The van der Waals surface area contributed by atoms with E-state index in [0.717, 1.165) is 24.8 Å². The molecule has 4 nitrogen and oxygen atoms in total. The molecular formula is C16H21NO3S. The first-order valence-electron chi connectivity index (χ1n) is 7.23. The van der Waals surface area contributed by atoms with Crippen LogP contribution < -0.4 is 0 Å². The summed E-state index contributed by atoms with van der Waals surface area (Å²) in [5.41, 5.74) is 1.41. The Labute approximate surface area is 126 Å². The van der Waals surface area contributed by atoms with Gasteiger partial charge in [0.15, 0.2) is 0 Å². The molecular weight excluding hydrogens is 286 g/mol. The Kier molecular flexibility index (Phi) is 5.04. The molecule has 0 unspecified atom stereocenters. The number of rotatable bonds is 5. The van der Waals surface area contributed by atoms with Crippen molar-refractivity contribution < 1.29 is 13.5 Å². The summed E-state index contributed by atoms with van der Waals surface area (Å²) >= 11 is 0. The van der Waals surface area contributed by atoms with Crippen molar-refractivity contribution >= 4 is 10.0 Å². The Hall–Kier alpha value is -1.35. The highest BCUT2D eigenvalue weighted by molar-refractivity contribution is 7.89. The summed E-state index contributed by atoms with van der Waals surface area (Å²) in [6.07, 6.45) is 2.66. The fraction of sp³-hybridized carbons (Fsp3) is 0.500. The minimum absolute atomic E-state index is 0.134. The lowest BCUT2D eigenvalue weighted by molar-refractivity contribution is 0.350. The van der Waals surface area contributed by atoms with Gasteiger partial charge in [0.25, 0.3) is 0 Å². The molecule has 0 aromatic heterocycles. The van der Waals surface area contributed by atoms with Crippen molar-refractivity contribution in [2.75, 3.05) is 13.2 Å². The molecule has 5 heteroatoms. The number of hydrogen-bond donors (Lipinski definition) is 1. The summed E-state index contributed by atoms with van der Waals surface area (Å²) in [4.78, 5) is 0.245. The molecule has 0 heterocycles. The highest BCUT2D eigenvalue weighted by atomic mass is 32.2. The fourth-order valence-corrected chi connectivity index (χ4v) is 4.22. The van der Waals surface area contributed by atoms with Gasteiger partial charge in [0.05, 0.1) is 4.90 Å². The van der Waals surface area contributed by atoms with Gasteiger partial charge in [0, 0.05) is 18.2 Å². The van der Waals surface area contributed by atoms with Gasteiger partial charge >= 0.3 is 0 Å². The van der Waals surface area contributed by atoms with Crippen molar-refractivity contribution in [3.05, 3.63) is 29.3 Å². The molecule has 0 amide bonds. The fourth-order valence-electron chi connectivity index (χ4n) is 2.31. The van der Waals surface area contributed by atoms with E-state index in [2.05, 4.69) is 11.8 Å². The predicted molar refractivity (Wildman–Crippen MR) is 82.3 cm³/mol. The number of aryl methyl sites for hydroxylation is 1. The largest absolute Gasteiger partial charge is 0.384 e. The lowest BCUT2D eigenvalue weighted by Gasteiger charge is -2.22. The minimum Gasteiger partial charge on any atom is -0.384 e. The predicted octanol–water partition coefficient (Wildman–Crippen LogP) is 1.90. The van der Waals surface area contributed by atoms with Crippen LogP contribution in [0.3, 0.4) is 0 Å². The van der Waals surface area contributed by atoms with E-state index in [9.17, 15) is 8.42 Å². The van der Waals surface area contributed by atoms with Crippen LogP contribution in [0.15, 0.2) is 23.1 Å². The molecule has 0 spiro atoms. The second-order valence-electron chi connectivity index (χ2n) is 5.31. The second-order valence-corrected chi connectivity index (χ2v) is 7.17. The maximum atomic E-state index is 12.9. The third kappa shape index (κ3) is 3.65. The van der Waals surface area contributed by atoms with Gasteiger partial charge in [-0.1, -0.05) is 24.8 Å². The molecule has 2 rings (SSSR count). The Morgan fingerprint density at radius 2 is 2.10 bits per heavy atom. The van der Waals surface area contributed by atoms with Crippen LogP contribution in [-0.2, 0) is 10.0 Å². The Morgan fingerprint density at radius 1 is 1.38 bits per heavy atom. The quantitative estimate of drug-likeness (QED) is 0.845. The molecule has 1 aliphatic rings. The van der Waals surface area contributed by atoms with Gasteiger partial charge < -0.3 is 5.11 Å². The lowest BCUT2D eigenvalue weighted by atomic mass is 10.1. The molecule has 1 saturated carbocycles. The maximum Gasteiger partial charge on any atom is 0.244 e. The van der Waals surface area contributed by atoms with Crippen molar-refractivity contribution in [3.63, 3.8) is 0 Å². The molecule has 0 aliphatic heterocycles. The van der Waals surface area contributed by atoms with Crippen LogP contribution in [0, 0.1) is 18.8 Å². The zero-order chi connectivity index (χ0) is 15.5. The van der Waals surface area contributed by atoms with Crippen molar-refractivity contribution in [1.29, 1.82) is 0 Å². The summed E-state index contributed by atoms with van der Waals surface area (Å²) in [7, 11) is -3.53. The normalized spacial score (nSPS) is 14.9. The van der Waals surface area contributed by atoms with E-state index < -0.39 is 10.0 Å². The van der Waals surface area contributed by atoms with Crippen molar-refractivity contribution in [1.82, 2.24) is 4.31 Å². The summed E-state index contributed by atoms with van der Waals surface area (Å²) in [6, 6.07) is 5.30. The molecule has 1 aliphatic carbocycles. The SMILES string of the molecule is CCCN(C1CC1)S(=O)(=O)c1ccc(C)cc1C#CCO. The van der Waals surface area contributed by atoms with E-state index in [1.54, 1.807) is 22.5 Å². The standard InChI is InChI=1S/C16H21NO3S/c1-3-10-17(15-7-8-15)21(19,20)16-9-6-13(2)12-14(16)5-4-11-18/h6,9,12,15,18H,3,7-8,10-11H2,1-2H3. The molecule has 1 fully saturated rings. The number of benzene rings is 1. The van der Waals surface area contributed by atoms with E-state index in [-0.39, 0.29) is 17.5 Å². The summed E-state index contributed by atoms with van der Waals surface area (Å²) in [6.45, 7) is 4.13. The van der Waals surface area contributed by atoms with Gasteiger partial charge in [-0.2, -0.15) is 4.31 Å². The summed E-state index contributed by atoms with van der Waals surface area (Å²) in [5, 5.41) is 8.85. The summed E-state index contributed by atoms with van der Waals surface area (Å²) in [5.74, 6) is 5.30. The van der Waals surface area contributed by atoms with Crippen LogP contribution in [0.4, 0.5) is 0 Å². The molecule has 114 valence electrons.